The first-order valence-corrected chi connectivity index (χ1v) is 41.0. The van der Waals surface area contributed by atoms with Crippen molar-refractivity contribution in [1.82, 2.24) is 18.3 Å². The lowest BCUT2D eigenvalue weighted by Gasteiger charge is -2.32. The number of ether oxygens (including phenoxy) is 1. The van der Waals surface area contributed by atoms with E-state index in [0.717, 1.165) is 33.6 Å². The van der Waals surface area contributed by atoms with Crippen molar-refractivity contribution in [3.63, 3.8) is 0 Å². The highest BCUT2D eigenvalue weighted by Crippen LogP contribution is 2.43. The van der Waals surface area contributed by atoms with Crippen molar-refractivity contribution >= 4 is 116 Å². The fourth-order valence-electron chi connectivity index (χ4n) is 17.0. The van der Waals surface area contributed by atoms with Gasteiger partial charge in [0.05, 0.1) is 61.4 Å². The van der Waals surface area contributed by atoms with Crippen molar-refractivity contribution in [1.29, 1.82) is 0 Å². The molecule has 9 heteroatoms. The van der Waals surface area contributed by atoms with Crippen LogP contribution in [0.3, 0.4) is 0 Å². The lowest BCUT2D eigenvalue weighted by Crippen LogP contribution is -2.41. The van der Waals surface area contributed by atoms with Gasteiger partial charge in [0.1, 0.15) is 0 Å². The Bertz CT molecular complexity index is 6970. The number of hydrogen-bond acceptors (Lipinski definition) is 3. The van der Waals surface area contributed by atoms with Crippen LogP contribution in [0.25, 0.3) is 166 Å². The van der Waals surface area contributed by atoms with Crippen LogP contribution in [0.15, 0.2) is 393 Å². The minimum Gasteiger partial charge on any atom is -0.399 e. The molecule has 2 aliphatic heterocycles. The average Bonchev–Trinajstić information content (AvgIpc) is 1.13. The van der Waals surface area contributed by atoms with Crippen molar-refractivity contribution in [3.8, 4) is 78.4 Å². The highest BCUT2D eigenvalue weighted by molar-refractivity contribution is 9.10. The van der Waals surface area contributed by atoms with E-state index in [4.69, 9.17) is 14.0 Å². The monoisotopic (exact) mass is 1560 g/mol. The second-order valence-electron chi connectivity index (χ2n) is 31.4. The number of hydrogen-bond donors (Lipinski definition) is 0. The molecule has 116 heavy (non-hydrogen) atoms. The van der Waals surface area contributed by atoms with Gasteiger partial charge in [-0.2, -0.15) is 0 Å². The molecule has 7 nitrogen and oxygen atoms in total. The number of aromatic nitrogens is 4. The van der Waals surface area contributed by atoms with Crippen LogP contribution in [0.2, 0.25) is 0 Å². The van der Waals surface area contributed by atoms with Crippen LogP contribution in [-0.2, 0) is 14.0 Å². The van der Waals surface area contributed by atoms with E-state index in [9.17, 15) is 0 Å². The summed E-state index contributed by atoms with van der Waals surface area (Å²) < 4.78 is 28.4. The van der Waals surface area contributed by atoms with Crippen LogP contribution in [0.4, 0.5) is 0 Å². The van der Waals surface area contributed by atoms with Crippen LogP contribution in [0, 0.1) is 0 Å². The SMILES string of the molecule is Brc1ccc2c(c1)c1ccccc1n2-c1cccc(-c2ccccc2)c1.CC1(C)OB(c2ccc3c(c2)c2ccccc2n3-c2ccc(-c3ccccc3)cc2)OC1(C)C.CC1CCCO1.c1ccc(-c2ccc(-n3c4ccccc4c4cc(-c5ccc6c(c5)c5ccccc5n6-c5cccc(-c6ccccc6)c5)ccc43)cc2)cc1. The minimum atomic E-state index is -0.373. The zero-order valence-electron chi connectivity index (χ0n) is 65.6. The van der Waals surface area contributed by atoms with Crippen LogP contribution < -0.4 is 5.46 Å². The number of para-hydroxylation sites is 4. The van der Waals surface area contributed by atoms with E-state index >= 15 is 0 Å². The highest BCUT2D eigenvalue weighted by atomic mass is 79.9. The quantitative estimate of drug-likeness (QED) is 0.128. The zero-order chi connectivity index (χ0) is 78.4. The molecule has 20 aromatic rings. The Kier molecular flexibility index (Phi) is 19.7. The van der Waals surface area contributed by atoms with Gasteiger partial charge < -0.3 is 32.3 Å². The number of fused-ring (bicyclic) bond motifs is 12. The van der Waals surface area contributed by atoms with Crippen molar-refractivity contribution in [2.24, 2.45) is 0 Å². The summed E-state index contributed by atoms with van der Waals surface area (Å²) in [5.74, 6) is 0. The molecule has 16 aromatic carbocycles. The molecule has 6 heterocycles. The summed E-state index contributed by atoms with van der Waals surface area (Å²) >= 11 is 3.62. The fourth-order valence-corrected chi connectivity index (χ4v) is 17.4. The lowest BCUT2D eigenvalue weighted by atomic mass is 9.78. The summed E-state index contributed by atoms with van der Waals surface area (Å²) in [5.41, 5.74) is 26.8. The van der Waals surface area contributed by atoms with E-state index in [2.05, 4.69) is 451 Å². The largest absolute Gasteiger partial charge is 0.494 e. The molecular formula is C107H86BBrN4O3. The molecular weight excluding hydrogens is 1480 g/mol. The summed E-state index contributed by atoms with van der Waals surface area (Å²) in [5, 5.41) is 9.99. The summed E-state index contributed by atoms with van der Waals surface area (Å²) in [6.07, 6.45) is 3.08. The fraction of sp³-hybridized carbons (Fsp3) is 0.103. The molecule has 4 aromatic heterocycles. The number of halogens is 1. The van der Waals surface area contributed by atoms with Crippen LogP contribution in [-0.4, -0.2) is 49.3 Å². The van der Waals surface area contributed by atoms with Crippen molar-refractivity contribution in [2.45, 2.75) is 64.8 Å². The maximum atomic E-state index is 6.33. The van der Waals surface area contributed by atoms with Crippen LogP contribution in [0.5, 0.6) is 0 Å². The molecule has 0 amide bonds. The van der Waals surface area contributed by atoms with Crippen LogP contribution in [0.1, 0.15) is 47.5 Å². The minimum absolute atomic E-state index is 0.360. The van der Waals surface area contributed by atoms with E-state index in [1.54, 1.807) is 0 Å². The van der Waals surface area contributed by atoms with Gasteiger partial charge in [0, 0.05) is 76.9 Å². The molecule has 2 aliphatic rings. The second-order valence-corrected chi connectivity index (χ2v) is 32.3. The van der Waals surface area contributed by atoms with E-state index in [0.29, 0.717) is 6.10 Å². The van der Waals surface area contributed by atoms with E-state index in [1.807, 2.05) is 6.07 Å². The Hall–Kier alpha value is -12.9. The Labute approximate surface area is 685 Å². The average molecular weight is 1570 g/mol. The molecule has 1 atom stereocenters. The third kappa shape index (κ3) is 14.0. The normalized spacial score (nSPS) is 14.3. The van der Waals surface area contributed by atoms with Gasteiger partial charge in [0.15, 0.2) is 0 Å². The van der Waals surface area contributed by atoms with Gasteiger partial charge in [0.2, 0.25) is 0 Å². The Morgan fingerprint density at radius 3 is 0.931 bits per heavy atom. The molecule has 2 saturated heterocycles. The number of benzene rings is 16. The third-order valence-corrected chi connectivity index (χ3v) is 24.1. The third-order valence-electron chi connectivity index (χ3n) is 23.6. The Balaban J connectivity index is 0.000000118. The van der Waals surface area contributed by atoms with Gasteiger partial charge in [-0.05, 0) is 230 Å². The first kappa shape index (κ1) is 73.3. The van der Waals surface area contributed by atoms with Gasteiger partial charge in [-0.3, -0.25) is 0 Å². The maximum absolute atomic E-state index is 6.33. The molecule has 0 aliphatic carbocycles. The van der Waals surface area contributed by atoms with Gasteiger partial charge in [0.25, 0.3) is 0 Å². The van der Waals surface area contributed by atoms with Gasteiger partial charge in [-0.25, -0.2) is 0 Å². The summed E-state index contributed by atoms with van der Waals surface area (Å²) in [7, 11) is -0.373. The molecule has 0 bridgehead atoms. The molecule has 2 fully saturated rings. The summed E-state index contributed by atoms with van der Waals surface area (Å²) in [4.78, 5) is 0. The highest BCUT2D eigenvalue weighted by Gasteiger charge is 2.52. The second kappa shape index (κ2) is 31.2. The maximum Gasteiger partial charge on any atom is 0.494 e. The van der Waals surface area contributed by atoms with Crippen LogP contribution >= 0.6 is 15.9 Å². The van der Waals surface area contributed by atoms with Crippen molar-refractivity contribution < 1.29 is 14.0 Å². The van der Waals surface area contributed by atoms with Gasteiger partial charge >= 0.3 is 7.12 Å². The molecule has 22 rings (SSSR count). The van der Waals surface area contributed by atoms with E-state index < -0.39 is 0 Å². The number of rotatable bonds is 10. The molecule has 0 saturated carbocycles. The van der Waals surface area contributed by atoms with E-state index in [1.165, 1.54) is 161 Å². The summed E-state index contributed by atoms with van der Waals surface area (Å²) in [6, 6.07) is 139. The lowest BCUT2D eigenvalue weighted by molar-refractivity contribution is 0.00578. The first-order valence-electron chi connectivity index (χ1n) is 40.2. The first-order chi connectivity index (χ1) is 56.8. The van der Waals surface area contributed by atoms with Crippen molar-refractivity contribution in [2.75, 3.05) is 6.61 Å². The molecule has 0 spiro atoms. The van der Waals surface area contributed by atoms with E-state index in [-0.39, 0.29) is 18.3 Å². The van der Waals surface area contributed by atoms with Crippen molar-refractivity contribution in [3.05, 3.63) is 393 Å². The Morgan fingerprint density at radius 2 is 0.560 bits per heavy atom. The molecule has 0 N–H and O–H groups in total. The number of nitrogens with zero attached hydrogens (tertiary/aromatic N) is 4. The predicted molar refractivity (Wildman–Crippen MR) is 492 cm³/mol. The molecule has 1 unspecified atom stereocenters. The zero-order valence-corrected chi connectivity index (χ0v) is 67.2. The van der Waals surface area contributed by atoms with Gasteiger partial charge in [-0.1, -0.05) is 283 Å². The molecule has 0 radical (unpaired) electrons. The summed E-state index contributed by atoms with van der Waals surface area (Å²) in [6.45, 7) is 11.5. The topological polar surface area (TPSA) is 47.4 Å². The predicted octanol–water partition coefficient (Wildman–Crippen LogP) is 28.0. The molecule has 562 valence electrons. The van der Waals surface area contributed by atoms with Gasteiger partial charge in [-0.15, -0.1) is 0 Å². The standard InChI is InChI=1S/C48H32N2.C30H28BNO2.C24H16BrN.C5H10O/c1-3-12-33(13-4-1)35-22-26-39(27-23-35)49-45-20-9-7-18-41(45)43-31-37(24-28-47(43)49)38-25-29-48-44(32-38)42-19-8-10-21-46(42)50(48)40-17-11-16-36(30-40)34-14-5-2-6-15-34;1-29(2)30(3,4)34-31(33-29)23-16-19-28-26(20-23)25-12-8-9-13-27(25)32(28)24-17-14-22(15-18-24)21-10-6-5-7-11-21;25-19-13-14-24-22(16-19)21-11-4-5-12-23(21)26(24)20-10-6-9-18(15-20)17-7-2-1-3-8-17;1-5-3-2-4-6-5/h1-32H;5-20H,1-4H3;1-16H;5H,2-4H2,1H3. The smallest absolute Gasteiger partial charge is 0.399 e. The Morgan fingerprint density at radius 1 is 0.267 bits per heavy atom.